The number of halogens is 1. The number of carbonyl (C=O) groups is 1. The molecule has 0 N–H and O–H groups in total. The van der Waals surface area contributed by atoms with Gasteiger partial charge in [0.1, 0.15) is 6.10 Å². The van der Waals surface area contributed by atoms with Crippen LogP contribution in [0.15, 0.2) is 24.3 Å². The molecule has 0 aliphatic carbocycles. The van der Waals surface area contributed by atoms with Gasteiger partial charge < -0.3 is 4.74 Å². The molecule has 0 aliphatic rings. The van der Waals surface area contributed by atoms with Crippen molar-refractivity contribution >= 4 is 17.6 Å². The molecule has 2 nitrogen and oxygen atoms in total. The van der Waals surface area contributed by atoms with Gasteiger partial charge in [0.25, 0.3) is 0 Å². The molecule has 1 aromatic carbocycles. The number of hydrogen-bond acceptors (Lipinski definition) is 2. The van der Waals surface area contributed by atoms with Gasteiger partial charge in [-0.1, -0.05) is 32.9 Å². The van der Waals surface area contributed by atoms with E-state index in [0.29, 0.717) is 11.4 Å². The third-order valence-corrected chi connectivity index (χ3v) is 3.16. The van der Waals surface area contributed by atoms with E-state index in [-0.39, 0.29) is 17.5 Å². The maximum Gasteiger partial charge on any atom is 0.338 e. The van der Waals surface area contributed by atoms with Gasteiger partial charge in [0.15, 0.2) is 0 Å². The maximum atomic E-state index is 11.8. The normalized spacial score (nSPS) is 13.2. The molecule has 0 fully saturated rings. The third-order valence-electron chi connectivity index (χ3n) is 2.85. The summed E-state index contributed by atoms with van der Waals surface area (Å²) in [6.07, 6.45) is -0.122. The molecule has 3 heteroatoms. The second-order valence-corrected chi connectivity index (χ2v) is 5.51. The molecule has 0 unspecified atom stereocenters. The Morgan fingerprint density at radius 1 is 1.29 bits per heavy atom. The van der Waals surface area contributed by atoms with Crippen LogP contribution in [-0.4, -0.2) is 12.1 Å². The Balaban J connectivity index is 2.70. The fourth-order valence-electron chi connectivity index (χ4n) is 1.14. The first-order valence-corrected chi connectivity index (χ1v) is 6.24. The van der Waals surface area contributed by atoms with Crippen LogP contribution in [-0.2, 0) is 10.6 Å². The van der Waals surface area contributed by atoms with E-state index in [4.69, 9.17) is 16.3 Å². The van der Waals surface area contributed by atoms with Crippen molar-refractivity contribution in [1.82, 2.24) is 0 Å². The van der Waals surface area contributed by atoms with Gasteiger partial charge in [-0.25, -0.2) is 4.79 Å². The first-order valence-electron chi connectivity index (χ1n) is 5.70. The summed E-state index contributed by atoms with van der Waals surface area (Å²) in [6, 6.07) is 7.17. The Morgan fingerprint density at radius 2 is 1.82 bits per heavy atom. The number of carbonyl (C=O) groups excluding carboxylic acids is 1. The lowest BCUT2D eigenvalue weighted by molar-refractivity contribution is 0.00480. The smallest absolute Gasteiger partial charge is 0.338 e. The summed E-state index contributed by atoms with van der Waals surface area (Å²) in [4.78, 5) is 11.8. The van der Waals surface area contributed by atoms with Crippen molar-refractivity contribution in [3.05, 3.63) is 35.4 Å². The Bertz CT molecular complexity index is 376. The molecule has 17 heavy (non-hydrogen) atoms. The molecule has 0 aliphatic heterocycles. The van der Waals surface area contributed by atoms with E-state index in [9.17, 15) is 4.79 Å². The molecule has 1 aromatic rings. The lowest BCUT2D eigenvalue weighted by atomic mass is 9.90. The fourth-order valence-corrected chi connectivity index (χ4v) is 1.31. The number of ether oxygens (including phenoxy) is 1. The molecule has 0 aromatic heterocycles. The molecule has 1 rings (SSSR count). The van der Waals surface area contributed by atoms with Gasteiger partial charge in [-0.15, -0.1) is 11.6 Å². The SMILES string of the molecule is C[C@@H](OC(=O)c1ccc(CCl)cc1)C(C)(C)C. The highest BCUT2D eigenvalue weighted by molar-refractivity contribution is 6.17. The van der Waals surface area contributed by atoms with Crippen molar-refractivity contribution in [3.63, 3.8) is 0 Å². The zero-order chi connectivity index (χ0) is 13.1. The van der Waals surface area contributed by atoms with Crippen LogP contribution in [0, 0.1) is 5.41 Å². The number of alkyl halides is 1. The zero-order valence-electron chi connectivity index (χ0n) is 10.8. The predicted molar refractivity (Wildman–Crippen MR) is 70.3 cm³/mol. The minimum absolute atomic E-state index is 0.0499. The average Bonchev–Trinajstić information content (AvgIpc) is 2.27. The van der Waals surface area contributed by atoms with Crippen molar-refractivity contribution in [3.8, 4) is 0 Å². The predicted octanol–water partition coefficient (Wildman–Crippen LogP) is 4.02. The quantitative estimate of drug-likeness (QED) is 0.602. The number of esters is 1. The van der Waals surface area contributed by atoms with E-state index in [2.05, 4.69) is 0 Å². The van der Waals surface area contributed by atoms with E-state index in [1.54, 1.807) is 12.1 Å². The molecular weight excluding hydrogens is 236 g/mol. The van der Waals surface area contributed by atoms with Gasteiger partial charge in [-0.05, 0) is 30.0 Å². The molecule has 0 saturated heterocycles. The Labute approximate surface area is 108 Å². The lowest BCUT2D eigenvalue weighted by Gasteiger charge is -2.26. The zero-order valence-corrected chi connectivity index (χ0v) is 11.5. The Morgan fingerprint density at radius 3 is 2.24 bits per heavy atom. The molecule has 94 valence electrons. The van der Waals surface area contributed by atoms with Crippen LogP contribution in [0.3, 0.4) is 0 Å². The average molecular weight is 255 g/mol. The standard InChI is InChI=1S/C14H19ClO2/c1-10(14(2,3)4)17-13(16)12-7-5-11(9-15)6-8-12/h5-8,10H,9H2,1-4H3/t10-/m1/s1. The topological polar surface area (TPSA) is 26.3 Å². The highest BCUT2D eigenvalue weighted by Crippen LogP contribution is 2.22. The third kappa shape index (κ3) is 4.04. The van der Waals surface area contributed by atoms with E-state index in [0.717, 1.165) is 5.56 Å². The summed E-state index contributed by atoms with van der Waals surface area (Å²) >= 11 is 5.69. The summed E-state index contributed by atoms with van der Waals surface area (Å²) < 4.78 is 5.40. The Kier molecular flexibility index (Phi) is 4.58. The summed E-state index contributed by atoms with van der Waals surface area (Å²) in [7, 11) is 0. The van der Waals surface area contributed by atoms with Crippen LogP contribution >= 0.6 is 11.6 Å². The fraction of sp³-hybridized carbons (Fsp3) is 0.500. The first-order chi connectivity index (χ1) is 7.84. The largest absolute Gasteiger partial charge is 0.459 e. The molecule has 0 spiro atoms. The minimum Gasteiger partial charge on any atom is -0.459 e. The van der Waals surface area contributed by atoms with Crippen molar-refractivity contribution in [1.29, 1.82) is 0 Å². The van der Waals surface area contributed by atoms with Crippen LogP contribution in [0.4, 0.5) is 0 Å². The van der Waals surface area contributed by atoms with Gasteiger partial charge in [0.2, 0.25) is 0 Å². The summed E-state index contributed by atoms with van der Waals surface area (Å²) in [6.45, 7) is 8.04. The van der Waals surface area contributed by atoms with Crippen LogP contribution < -0.4 is 0 Å². The van der Waals surface area contributed by atoms with Crippen molar-refractivity contribution < 1.29 is 9.53 Å². The van der Waals surface area contributed by atoms with E-state index < -0.39 is 0 Å². The van der Waals surface area contributed by atoms with Gasteiger partial charge >= 0.3 is 5.97 Å². The number of rotatable bonds is 3. The van der Waals surface area contributed by atoms with Crippen LogP contribution in [0.1, 0.15) is 43.6 Å². The van der Waals surface area contributed by atoms with Crippen molar-refractivity contribution in [2.24, 2.45) is 5.41 Å². The van der Waals surface area contributed by atoms with Gasteiger partial charge in [0.05, 0.1) is 5.56 Å². The number of hydrogen-bond donors (Lipinski definition) is 0. The summed E-state index contributed by atoms with van der Waals surface area (Å²) in [5, 5.41) is 0. The summed E-state index contributed by atoms with van der Waals surface area (Å²) in [5.41, 5.74) is 1.51. The van der Waals surface area contributed by atoms with Gasteiger partial charge in [0, 0.05) is 5.88 Å². The van der Waals surface area contributed by atoms with E-state index >= 15 is 0 Å². The molecule has 0 amide bonds. The number of benzene rings is 1. The molecule has 1 atom stereocenters. The van der Waals surface area contributed by atoms with E-state index in [1.165, 1.54) is 0 Å². The molecule has 0 radical (unpaired) electrons. The Hall–Kier alpha value is -1.02. The van der Waals surface area contributed by atoms with Crippen molar-refractivity contribution in [2.75, 3.05) is 0 Å². The second kappa shape index (κ2) is 5.54. The summed E-state index contributed by atoms with van der Waals surface area (Å²) in [5.74, 6) is 0.168. The van der Waals surface area contributed by atoms with Crippen LogP contribution in [0.5, 0.6) is 0 Å². The van der Waals surface area contributed by atoms with Crippen LogP contribution in [0.2, 0.25) is 0 Å². The van der Waals surface area contributed by atoms with E-state index in [1.807, 2.05) is 39.8 Å². The second-order valence-electron chi connectivity index (χ2n) is 5.24. The molecule has 0 saturated carbocycles. The lowest BCUT2D eigenvalue weighted by Crippen LogP contribution is -2.28. The van der Waals surface area contributed by atoms with Gasteiger partial charge in [-0.2, -0.15) is 0 Å². The molecule has 0 bridgehead atoms. The van der Waals surface area contributed by atoms with Crippen molar-refractivity contribution in [2.45, 2.75) is 39.7 Å². The molecular formula is C14H19ClO2. The van der Waals surface area contributed by atoms with Crippen LogP contribution in [0.25, 0.3) is 0 Å². The minimum atomic E-state index is -0.284. The van der Waals surface area contributed by atoms with Gasteiger partial charge in [-0.3, -0.25) is 0 Å². The highest BCUT2D eigenvalue weighted by atomic mass is 35.5. The maximum absolute atomic E-state index is 11.8. The highest BCUT2D eigenvalue weighted by Gasteiger charge is 2.24. The monoisotopic (exact) mass is 254 g/mol. The molecule has 0 heterocycles. The first kappa shape index (κ1) is 14.0.